The molecule has 2 N–H and O–H groups in total. The zero-order chi connectivity index (χ0) is 17.2. The molecule has 2 saturated heterocycles. The SMILES string of the molecule is Cc1cc(O)cc(C)c1NC(=O)CN1CCC2(CCOCC2)CC1. The summed E-state index contributed by atoms with van der Waals surface area (Å²) in [5.74, 6) is 0.260. The highest BCUT2D eigenvalue weighted by Gasteiger charge is 2.36. The lowest BCUT2D eigenvalue weighted by atomic mass is 9.72. The third kappa shape index (κ3) is 3.90. The van der Waals surface area contributed by atoms with Gasteiger partial charge in [0, 0.05) is 18.9 Å². The van der Waals surface area contributed by atoms with Gasteiger partial charge in [-0.2, -0.15) is 0 Å². The number of rotatable bonds is 3. The third-order valence-corrected chi connectivity index (χ3v) is 5.62. The maximum absolute atomic E-state index is 12.4. The number of hydrogen-bond donors (Lipinski definition) is 2. The Hall–Kier alpha value is -1.59. The molecule has 0 bridgehead atoms. The summed E-state index contributed by atoms with van der Waals surface area (Å²) in [6.07, 6.45) is 4.67. The zero-order valence-corrected chi connectivity index (χ0v) is 14.7. The lowest BCUT2D eigenvalue weighted by Crippen LogP contribution is -2.45. The number of ether oxygens (including phenoxy) is 1. The summed E-state index contributed by atoms with van der Waals surface area (Å²) in [6.45, 7) is 7.99. The molecule has 2 fully saturated rings. The fraction of sp³-hybridized carbons (Fsp3) is 0.632. The molecule has 0 atom stereocenters. The fourth-order valence-corrected chi connectivity index (χ4v) is 4.01. The number of carbonyl (C=O) groups is 1. The van der Waals surface area contributed by atoms with Crippen molar-refractivity contribution in [3.05, 3.63) is 23.3 Å². The van der Waals surface area contributed by atoms with Crippen LogP contribution in [0.5, 0.6) is 5.75 Å². The van der Waals surface area contributed by atoms with Crippen LogP contribution in [0.4, 0.5) is 5.69 Å². The summed E-state index contributed by atoms with van der Waals surface area (Å²) in [6, 6.07) is 3.36. The molecule has 0 radical (unpaired) electrons. The van der Waals surface area contributed by atoms with Crippen molar-refractivity contribution < 1.29 is 14.6 Å². The molecule has 0 unspecified atom stereocenters. The Kier molecular flexibility index (Phi) is 5.11. The normalized spacial score (nSPS) is 20.9. The molecule has 3 rings (SSSR count). The van der Waals surface area contributed by atoms with Crippen molar-refractivity contribution in [3.8, 4) is 5.75 Å². The van der Waals surface area contributed by atoms with E-state index in [9.17, 15) is 9.90 Å². The average molecular weight is 332 g/mol. The minimum Gasteiger partial charge on any atom is -0.508 e. The third-order valence-electron chi connectivity index (χ3n) is 5.62. The maximum Gasteiger partial charge on any atom is 0.238 e. The van der Waals surface area contributed by atoms with Crippen molar-refractivity contribution >= 4 is 11.6 Å². The average Bonchev–Trinajstić information content (AvgIpc) is 2.54. The lowest BCUT2D eigenvalue weighted by molar-refractivity contribution is -0.118. The van der Waals surface area contributed by atoms with Gasteiger partial charge in [0.25, 0.3) is 0 Å². The summed E-state index contributed by atoms with van der Waals surface area (Å²) < 4.78 is 5.49. The standard InChI is InChI=1S/C19H28N2O3/c1-14-11-16(22)12-15(2)18(14)20-17(23)13-21-7-3-19(4-8-21)5-9-24-10-6-19/h11-12,22H,3-10,13H2,1-2H3,(H,20,23). The van der Waals surface area contributed by atoms with Gasteiger partial charge in [0.1, 0.15) is 5.75 Å². The number of anilines is 1. The first-order valence-corrected chi connectivity index (χ1v) is 8.88. The molecule has 2 aliphatic rings. The Balaban J connectivity index is 1.53. The number of piperidine rings is 1. The molecule has 2 aliphatic heterocycles. The Labute approximate surface area is 144 Å². The van der Waals surface area contributed by atoms with Gasteiger partial charge in [-0.3, -0.25) is 9.69 Å². The van der Waals surface area contributed by atoms with Crippen LogP contribution in [-0.4, -0.2) is 48.8 Å². The number of benzene rings is 1. The monoisotopic (exact) mass is 332 g/mol. The second-order valence-corrected chi connectivity index (χ2v) is 7.39. The van der Waals surface area contributed by atoms with Gasteiger partial charge in [-0.15, -0.1) is 0 Å². The van der Waals surface area contributed by atoms with E-state index in [1.165, 1.54) is 25.7 Å². The zero-order valence-electron chi connectivity index (χ0n) is 14.7. The number of nitrogens with zero attached hydrogens (tertiary/aromatic N) is 1. The van der Waals surface area contributed by atoms with Crippen LogP contribution in [0.2, 0.25) is 0 Å². The highest BCUT2D eigenvalue weighted by atomic mass is 16.5. The van der Waals surface area contributed by atoms with Gasteiger partial charge in [-0.25, -0.2) is 0 Å². The molecule has 5 nitrogen and oxygen atoms in total. The number of aromatic hydroxyl groups is 1. The first-order chi connectivity index (χ1) is 11.5. The summed E-state index contributed by atoms with van der Waals surface area (Å²) in [5.41, 5.74) is 3.05. The van der Waals surface area contributed by atoms with Crippen LogP contribution in [0.25, 0.3) is 0 Å². The van der Waals surface area contributed by atoms with E-state index < -0.39 is 0 Å². The van der Waals surface area contributed by atoms with E-state index in [0.29, 0.717) is 12.0 Å². The van der Waals surface area contributed by atoms with Crippen molar-refractivity contribution in [2.45, 2.75) is 39.5 Å². The lowest BCUT2D eigenvalue weighted by Gasteiger charge is -2.43. The Bertz CT molecular complexity index is 576. The van der Waals surface area contributed by atoms with Crippen molar-refractivity contribution in [2.75, 3.05) is 38.2 Å². The molecule has 0 aliphatic carbocycles. The van der Waals surface area contributed by atoms with Gasteiger partial charge >= 0.3 is 0 Å². The Morgan fingerprint density at radius 3 is 2.33 bits per heavy atom. The largest absolute Gasteiger partial charge is 0.508 e. The number of phenolic OH excluding ortho intramolecular Hbond substituents is 1. The Morgan fingerprint density at radius 1 is 1.17 bits per heavy atom. The summed E-state index contributed by atoms with van der Waals surface area (Å²) in [7, 11) is 0. The highest BCUT2D eigenvalue weighted by molar-refractivity contribution is 5.93. The summed E-state index contributed by atoms with van der Waals surface area (Å²) in [5, 5.41) is 12.6. The van der Waals surface area contributed by atoms with Crippen molar-refractivity contribution in [1.29, 1.82) is 0 Å². The van der Waals surface area contributed by atoms with Crippen LogP contribution >= 0.6 is 0 Å². The molecule has 0 saturated carbocycles. The number of nitrogens with one attached hydrogen (secondary N) is 1. The minimum atomic E-state index is 0.0230. The van der Waals surface area contributed by atoms with Crippen LogP contribution in [0.1, 0.15) is 36.8 Å². The van der Waals surface area contributed by atoms with E-state index in [-0.39, 0.29) is 11.7 Å². The second kappa shape index (κ2) is 7.11. The number of hydrogen-bond acceptors (Lipinski definition) is 4. The van der Waals surface area contributed by atoms with Crippen molar-refractivity contribution in [1.82, 2.24) is 4.90 Å². The van der Waals surface area contributed by atoms with Crippen LogP contribution < -0.4 is 5.32 Å². The number of amides is 1. The summed E-state index contributed by atoms with van der Waals surface area (Å²) in [4.78, 5) is 14.7. The van der Waals surface area contributed by atoms with Crippen molar-refractivity contribution in [3.63, 3.8) is 0 Å². The van der Waals surface area contributed by atoms with Crippen molar-refractivity contribution in [2.24, 2.45) is 5.41 Å². The smallest absolute Gasteiger partial charge is 0.238 e. The molecular formula is C19H28N2O3. The minimum absolute atomic E-state index is 0.0230. The topological polar surface area (TPSA) is 61.8 Å². The molecule has 24 heavy (non-hydrogen) atoms. The van der Waals surface area contributed by atoms with Crippen LogP contribution in [0.3, 0.4) is 0 Å². The molecule has 2 heterocycles. The van der Waals surface area contributed by atoms with Crippen LogP contribution in [0, 0.1) is 19.3 Å². The quantitative estimate of drug-likeness (QED) is 0.836. The van der Waals surface area contributed by atoms with Gasteiger partial charge in [-0.1, -0.05) is 0 Å². The van der Waals surface area contributed by atoms with E-state index in [1.807, 2.05) is 13.8 Å². The first kappa shape index (κ1) is 17.2. The molecule has 0 aromatic heterocycles. The first-order valence-electron chi connectivity index (χ1n) is 8.88. The van der Waals surface area contributed by atoms with E-state index in [1.54, 1.807) is 12.1 Å². The van der Waals surface area contributed by atoms with E-state index in [4.69, 9.17) is 4.74 Å². The molecule has 132 valence electrons. The highest BCUT2D eigenvalue weighted by Crippen LogP contribution is 2.40. The molecule has 1 spiro atoms. The van der Waals surface area contributed by atoms with E-state index in [0.717, 1.165) is 43.1 Å². The number of phenols is 1. The molecule has 1 aromatic rings. The van der Waals surface area contributed by atoms with Gasteiger partial charge in [0.05, 0.1) is 6.54 Å². The molecular weight excluding hydrogens is 304 g/mol. The maximum atomic E-state index is 12.4. The van der Waals surface area contributed by atoms with Crippen LogP contribution in [-0.2, 0) is 9.53 Å². The predicted octanol–water partition coefficient (Wildman–Crippen LogP) is 2.84. The number of aryl methyl sites for hydroxylation is 2. The summed E-state index contributed by atoms with van der Waals surface area (Å²) >= 11 is 0. The molecule has 1 aromatic carbocycles. The second-order valence-electron chi connectivity index (χ2n) is 7.39. The van der Waals surface area contributed by atoms with Crippen LogP contribution in [0.15, 0.2) is 12.1 Å². The van der Waals surface area contributed by atoms with Gasteiger partial charge in [-0.05, 0) is 81.3 Å². The van der Waals surface area contributed by atoms with Gasteiger partial charge in [0.15, 0.2) is 0 Å². The number of likely N-dealkylation sites (tertiary alicyclic amines) is 1. The molecule has 1 amide bonds. The van der Waals surface area contributed by atoms with E-state index in [2.05, 4.69) is 10.2 Å². The Morgan fingerprint density at radius 2 is 1.75 bits per heavy atom. The van der Waals surface area contributed by atoms with Gasteiger partial charge in [0.2, 0.25) is 5.91 Å². The fourth-order valence-electron chi connectivity index (χ4n) is 4.01. The predicted molar refractivity (Wildman–Crippen MR) is 94.4 cm³/mol. The molecule has 5 heteroatoms. The van der Waals surface area contributed by atoms with Gasteiger partial charge < -0.3 is 15.2 Å². The number of carbonyl (C=O) groups excluding carboxylic acids is 1. The van der Waals surface area contributed by atoms with E-state index >= 15 is 0 Å².